The first kappa shape index (κ1) is 24.7. The molecule has 6 nitrogen and oxygen atoms in total. The number of carbonyl (C=O) groups excluding carboxylic acids is 2. The van der Waals surface area contributed by atoms with Crippen LogP contribution in [0.25, 0.3) is 0 Å². The highest BCUT2D eigenvalue weighted by molar-refractivity contribution is 7.17. The van der Waals surface area contributed by atoms with Gasteiger partial charge >= 0.3 is 12.6 Å². The van der Waals surface area contributed by atoms with Crippen LogP contribution < -0.4 is 14.8 Å². The van der Waals surface area contributed by atoms with Crippen molar-refractivity contribution in [1.29, 1.82) is 0 Å². The van der Waals surface area contributed by atoms with Crippen molar-refractivity contribution in [2.24, 2.45) is 0 Å². The largest absolute Gasteiger partial charge is 0.493 e. The van der Waals surface area contributed by atoms with Crippen molar-refractivity contribution < 1.29 is 32.6 Å². The fraction of sp³-hybridized carbons (Fsp3) is 0.308. The van der Waals surface area contributed by atoms with Crippen molar-refractivity contribution in [1.82, 2.24) is 0 Å². The van der Waals surface area contributed by atoms with E-state index in [4.69, 9.17) is 9.47 Å². The Balaban J connectivity index is 1.62. The summed E-state index contributed by atoms with van der Waals surface area (Å²) in [5.74, 6) is -0.829. The van der Waals surface area contributed by atoms with Crippen LogP contribution in [0.2, 0.25) is 0 Å². The van der Waals surface area contributed by atoms with Gasteiger partial charge in [0, 0.05) is 10.4 Å². The van der Waals surface area contributed by atoms with Crippen molar-refractivity contribution in [3.63, 3.8) is 0 Å². The van der Waals surface area contributed by atoms with Crippen LogP contribution in [-0.4, -0.2) is 32.2 Å². The number of nitrogens with one attached hydrogen (secondary N) is 1. The molecule has 184 valence electrons. The summed E-state index contributed by atoms with van der Waals surface area (Å²) in [5, 5.41) is 3.24. The number of esters is 1. The van der Waals surface area contributed by atoms with Gasteiger partial charge in [0.25, 0.3) is 5.91 Å². The van der Waals surface area contributed by atoms with Crippen molar-refractivity contribution >= 4 is 28.2 Å². The van der Waals surface area contributed by atoms with E-state index in [1.165, 1.54) is 42.2 Å². The Kier molecular flexibility index (Phi) is 7.65. The number of rotatable bonds is 8. The molecule has 1 amide bonds. The van der Waals surface area contributed by atoms with Gasteiger partial charge in [0.2, 0.25) is 0 Å². The zero-order chi connectivity index (χ0) is 24.9. The first-order chi connectivity index (χ1) is 16.9. The molecule has 1 aliphatic rings. The molecule has 1 atom stereocenters. The highest BCUT2D eigenvalue weighted by atomic mass is 32.1. The number of halogens is 2. The summed E-state index contributed by atoms with van der Waals surface area (Å²) in [4.78, 5) is 26.9. The third-order valence-corrected chi connectivity index (χ3v) is 7.05. The summed E-state index contributed by atoms with van der Waals surface area (Å²) in [6.45, 7) is -1.07. The maximum absolute atomic E-state index is 13.0. The molecule has 1 N–H and O–H groups in total. The average molecular weight is 502 g/mol. The lowest BCUT2D eigenvalue weighted by Gasteiger charge is -2.23. The van der Waals surface area contributed by atoms with E-state index in [-0.39, 0.29) is 23.7 Å². The van der Waals surface area contributed by atoms with E-state index < -0.39 is 18.5 Å². The quantitative estimate of drug-likeness (QED) is 0.380. The number of anilines is 1. The molecule has 0 radical (unpaired) electrons. The predicted molar refractivity (Wildman–Crippen MR) is 129 cm³/mol. The van der Waals surface area contributed by atoms with Gasteiger partial charge in [-0.1, -0.05) is 30.3 Å². The fourth-order valence-corrected chi connectivity index (χ4v) is 5.59. The van der Waals surface area contributed by atoms with Gasteiger partial charge in [0.15, 0.2) is 11.5 Å². The van der Waals surface area contributed by atoms with Crippen LogP contribution in [0.5, 0.6) is 11.5 Å². The Bertz CT molecular complexity index is 1210. The minimum atomic E-state index is -3.02. The minimum absolute atomic E-state index is 0.000238. The first-order valence-electron chi connectivity index (χ1n) is 11.2. The zero-order valence-electron chi connectivity index (χ0n) is 19.3. The van der Waals surface area contributed by atoms with E-state index in [0.717, 1.165) is 23.3 Å². The second kappa shape index (κ2) is 10.9. The highest BCUT2D eigenvalue weighted by Gasteiger charge is 2.31. The average Bonchev–Trinajstić information content (AvgIpc) is 3.21. The molecule has 1 aromatic heterocycles. The van der Waals surface area contributed by atoms with Crippen molar-refractivity contribution in [2.45, 2.75) is 38.7 Å². The smallest absolute Gasteiger partial charge is 0.387 e. The van der Waals surface area contributed by atoms with Crippen LogP contribution in [0.15, 0.2) is 48.5 Å². The van der Waals surface area contributed by atoms with Gasteiger partial charge in [-0.05, 0) is 61.4 Å². The SMILES string of the molecule is CCOC(=O)c1c(NC(=O)c2ccc(OC(F)F)c(OC)c2)sc2c1CCC(c1ccccc1)C2. The van der Waals surface area contributed by atoms with Gasteiger partial charge in [-0.3, -0.25) is 4.79 Å². The Morgan fingerprint density at radius 2 is 1.91 bits per heavy atom. The predicted octanol–water partition coefficient (Wildman–Crippen LogP) is 6.06. The van der Waals surface area contributed by atoms with Crippen molar-refractivity contribution in [3.05, 3.63) is 75.7 Å². The summed E-state index contributed by atoms with van der Waals surface area (Å²) in [7, 11) is 1.30. The molecule has 1 aliphatic carbocycles. The van der Waals surface area contributed by atoms with Gasteiger partial charge < -0.3 is 19.5 Å². The molecule has 0 bridgehead atoms. The molecule has 1 heterocycles. The number of methoxy groups -OCH3 is 1. The topological polar surface area (TPSA) is 73.9 Å². The van der Waals surface area contributed by atoms with Crippen LogP contribution in [0.3, 0.4) is 0 Å². The lowest BCUT2D eigenvalue weighted by molar-refractivity contribution is -0.0512. The molecule has 0 aliphatic heterocycles. The zero-order valence-corrected chi connectivity index (χ0v) is 20.1. The van der Waals surface area contributed by atoms with Gasteiger partial charge in [-0.15, -0.1) is 11.3 Å². The lowest BCUT2D eigenvalue weighted by Crippen LogP contribution is -2.17. The van der Waals surface area contributed by atoms with Crippen LogP contribution >= 0.6 is 11.3 Å². The number of ether oxygens (including phenoxy) is 3. The number of alkyl halides is 2. The van der Waals surface area contributed by atoms with Gasteiger partial charge in [-0.25, -0.2) is 4.79 Å². The molecule has 0 spiro atoms. The van der Waals surface area contributed by atoms with Crippen LogP contribution in [0.4, 0.5) is 13.8 Å². The van der Waals surface area contributed by atoms with E-state index in [0.29, 0.717) is 22.9 Å². The molecule has 2 aromatic carbocycles. The molecule has 4 rings (SSSR count). The number of hydrogen-bond acceptors (Lipinski definition) is 6. The summed E-state index contributed by atoms with van der Waals surface area (Å²) in [6, 6.07) is 14.1. The summed E-state index contributed by atoms with van der Waals surface area (Å²) >= 11 is 1.37. The second-order valence-corrected chi connectivity index (χ2v) is 9.08. The Morgan fingerprint density at radius 3 is 2.60 bits per heavy atom. The number of carbonyl (C=O) groups is 2. The fourth-order valence-electron chi connectivity index (χ4n) is 4.28. The van der Waals surface area contributed by atoms with E-state index in [1.807, 2.05) is 18.2 Å². The third kappa shape index (κ3) is 5.45. The number of benzene rings is 2. The van der Waals surface area contributed by atoms with Gasteiger partial charge in [-0.2, -0.15) is 8.78 Å². The summed E-state index contributed by atoms with van der Waals surface area (Å²) in [6.07, 6.45) is 2.35. The van der Waals surface area contributed by atoms with Crippen LogP contribution in [-0.2, 0) is 17.6 Å². The Morgan fingerprint density at radius 1 is 1.14 bits per heavy atom. The number of fused-ring (bicyclic) bond motifs is 1. The molecule has 1 unspecified atom stereocenters. The molecule has 0 saturated heterocycles. The van der Waals surface area contributed by atoms with Crippen LogP contribution in [0, 0.1) is 0 Å². The number of thiophene rings is 1. The maximum atomic E-state index is 13.0. The standard InChI is InChI=1S/C26H25F2NO5S/c1-3-33-25(31)22-18-11-9-16(15-7-5-4-6-8-15)14-21(18)35-24(22)29-23(30)17-10-12-19(34-26(27)28)20(13-17)32-2/h4-8,10,12-13,16,26H,3,9,11,14H2,1-2H3,(H,29,30). The third-order valence-electron chi connectivity index (χ3n) is 5.88. The Labute approximate surface area is 205 Å². The second-order valence-electron chi connectivity index (χ2n) is 7.98. The molecular formula is C26H25F2NO5S. The van der Waals surface area contributed by atoms with Gasteiger partial charge in [0.1, 0.15) is 5.00 Å². The molecule has 3 aromatic rings. The summed E-state index contributed by atoms with van der Waals surface area (Å²) in [5.41, 5.74) is 2.71. The first-order valence-corrected chi connectivity index (χ1v) is 12.0. The molecule has 9 heteroatoms. The summed E-state index contributed by atoms with van der Waals surface area (Å²) < 4.78 is 40.0. The normalized spacial score (nSPS) is 14.8. The molecule has 35 heavy (non-hydrogen) atoms. The molecular weight excluding hydrogens is 476 g/mol. The molecule has 0 fully saturated rings. The van der Waals surface area contributed by atoms with E-state index in [9.17, 15) is 18.4 Å². The van der Waals surface area contributed by atoms with Crippen LogP contribution in [0.1, 0.15) is 56.0 Å². The number of hydrogen-bond donors (Lipinski definition) is 1. The van der Waals surface area contributed by atoms with Crippen molar-refractivity contribution in [3.8, 4) is 11.5 Å². The molecule has 0 saturated carbocycles. The minimum Gasteiger partial charge on any atom is -0.493 e. The van der Waals surface area contributed by atoms with Gasteiger partial charge in [0.05, 0.1) is 19.3 Å². The number of amides is 1. The van der Waals surface area contributed by atoms with E-state index in [1.54, 1.807) is 6.92 Å². The Hall–Kier alpha value is -3.46. The van der Waals surface area contributed by atoms with E-state index in [2.05, 4.69) is 22.2 Å². The monoisotopic (exact) mass is 501 g/mol. The van der Waals surface area contributed by atoms with Crippen molar-refractivity contribution in [2.75, 3.05) is 19.0 Å². The lowest BCUT2D eigenvalue weighted by atomic mass is 9.83. The highest BCUT2D eigenvalue weighted by Crippen LogP contribution is 2.43. The maximum Gasteiger partial charge on any atom is 0.387 e. The van der Waals surface area contributed by atoms with E-state index >= 15 is 0 Å².